The molecule has 11 nitrogen and oxygen atoms in total. The van der Waals surface area contributed by atoms with E-state index < -0.39 is 44.6 Å². The van der Waals surface area contributed by atoms with Crippen molar-refractivity contribution in [3.05, 3.63) is 29.8 Å². The summed E-state index contributed by atoms with van der Waals surface area (Å²) in [5, 5.41) is 18.4. The van der Waals surface area contributed by atoms with E-state index in [1.54, 1.807) is 18.2 Å². The molecule has 0 aliphatic carbocycles. The second-order valence-corrected chi connectivity index (χ2v) is 7.78. The maximum Gasteiger partial charge on any atom is 0.472 e. The second kappa shape index (κ2) is 10.7. The van der Waals surface area contributed by atoms with Crippen molar-refractivity contribution in [2.75, 3.05) is 19.8 Å². The number of phosphoric acid groups is 1. The molecule has 1 heterocycles. The van der Waals surface area contributed by atoms with E-state index in [2.05, 4.69) is 4.52 Å². The van der Waals surface area contributed by atoms with E-state index in [1.165, 1.54) is 6.07 Å². The molecule has 1 fully saturated rings. The highest BCUT2D eigenvalue weighted by Gasteiger charge is 2.37. The van der Waals surface area contributed by atoms with Gasteiger partial charge in [0.15, 0.2) is 0 Å². The molecule has 29 heavy (non-hydrogen) atoms. The van der Waals surface area contributed by atoms with Gasteiger partial charge in [-0.25, -0.2) is 4.57 Å². The lowest BCUT2D eigenvalue weighted by Crippen LogP contribution is -2.41. The third kappa shape index (κ3) is 7.73. The van der Waals surface area contributed by atoms with Crippen LogP contribution >= 0.6 is 7.82 Å². The van der Waals surface area contributed by atoms with Crippen LogP contribution in [0, 0.1) is 0 Å². The average molecular weight is 433 g/mol. The molecule has 1 saturated heterocycles. The van der Waals surface area contributed by atoms with Crippen LogP contribution in [0.3, 0.4) is 0 Å². The zero-order chi connectivity index (χ0) is 21.4. The third-order valence-corrected chi connectivity index (χ3v) is 5.13. The zero-order valence-electron chi connectivity index (χ0n) is 15.5. The van der Waals surface area contributed by atoms with Gasteiger partial charge in [-0.2, -0.15) is 0 Å². The molecule has 1 aliphatic rings. The Kier molecular flexibility index (Phi) is 8.57. The van der Waals surface area contributed by atoms with Crippen molar-refractivity contribution in [1.82, 2.24) is 0 Å². The Morgan fingerprint density at radius 2 is 2.03 bits per heavy atom. The fourth-order valence-corrected chi connectivity index (χ4v) is 3.51. The number of phosphoric ester groups is 1. The van der Waals surface area contributed by atoms with Gasteiger partial charge in [-0.3, -0.25) is 18.6 Å². The molecular formula is C17H24NO10P. The van der Waals surface area contributed by atoms with Crippen molar-refractivity contribution in [3.8, 4) is 5.75 Å². The number of rotatable bonds is 10. The maximum absolute atomic E-state index is 12.2. The van der Waals surface area contributed by atoms with Crippen molar-refractivity contribution in [1.29, 1.82) is 0 Å². The number of aromatic hydroxyl groups is 1. The van der Waals surface area contributed by atoms with E-state index in [4.69, 9.17) is 24.8 Å². The number of carbonyl (C=O) groups excluding carboxylic acids is 1. The zero-order valence-corrected chi connectivity index (χ0v) is 16.4. The molecule has 1 unspecified atom stereocenters. The lowest BCUT2D eigenvalue weighted by molar-refractivity contribution is -0.164. The van der Waals surface area contributed by atoms with Gasteiger partial charge in [0.05, 0.1) is 19.8 Å². The molecule has 4 atom stereocenters. The number of carboxylic acid groups (broad SMARTS) is 1. The normalized spacial score (nSPS) is 22.4. The van der Waals surface area contributed by atoms with Crippen LogP contribution in [0.4, 0.5) is 0 Å². The van der Waals surface area contributed by atoms with Crippen LogP contribution in [-0.2, 0) is 39.1 Å². The first-order chi connectivity index (χ1) is 13.7. The quantitative estimate of drug-likeness (QED) is 0.300. The van der Waals surface area contributed by atoms with Crippen LogP contribution in [-0.4, -0.2) is 65.1 Å². The number of aryl methyl sites for hydroxylation is 1. The number of phenolic OH excluding ortho intramolecular Hbond substituents is 1. The van der Waals surface area contributed by atoms with E-state index in [9.17, 15) is 24.2 Å². The summed E-state index contributed by atoms with van der Waals surface area (Å²) in [4.78, 5) is 32.6. The molecule has 1 aromatic rings. The molecule has 1 aromatic carbocycles. The van der Waals surface area contributed by atoms with Gasteiger partial charge >= 0.3 is 19.8 Å². The van der Waals surface area contributed by atoms with E-state index >= 15 is 0 Å². The first-order valence-electron chi connectivity index (χ1n) is 8.86. The molecule has 0 amide bonds. The van der Waals surface area contributed by atoms with E-state index in [-0.39, 0.29) is 38.2 Å². The maximum atomic E-state index is 12.2. The number of carboxylic acids is 1. The van der Waals surface area contributed by atoms with Gasteiger partial charge in [-0.1, -0.05) is 18.2 Å². The molecule has 0 radical (unpaired) electrons. The van der Waals surface area contributed by atoms with Gasteiger partial charge in [0, 0.05) is 12.8 Å². The Balaban J connectivity index is 1.88. The number of ether oxygens (including phenoxy) is 2. The highest BCUT2D eigenvalue weighted by atomic mass is 31.2. The molecule has 0 aromatic heterocycles. The minimum absolute atomic E-state index is 0.0115. The van der Waals surface area contributed by atoms with Crippen LogP contribution < -0.4 is 5.73 Å². The summed E-state index contributed by atoms with van der Waals surface area (Å²) in [5.41, 5.74) is 5.81. The van der Waals surface area contributed by atoms with E-state index in [1.807, 2.05) is 0 Å². The summed E-state index contributed by atoms with van der Waals surface area (Å²) in [6.45, 7) is -0.588. The van der Waals surface area contributed by atoms with Crippen molar-refractivity contribution >= 4 is 19.8 Å². The number of carbonyl (C=O) groups is 2. The summed E-state index contributed by atoms with van der Waals surface area (Å²) in [6, 6.07) is 5.10. The highest BCUT2D eigenvalue weighted by molar-refractivity contribution is 7.47. The van der Waals surface area contributed by atoms with Crippen molar-refractivity contribution in [2.24, 2.45) is 5.73 Å². The molecule has 1 aliphatic heterocycles. The highest BCUT2D eigenvalue weighted by Crippen LogP contribution is 2.46. The van der Waals surface area contributed by atoms with Gasteiger partial charge in [-0.15, -0.1) is 0 Å². The largest absolute Gasteiger partial charge is 0.508 e. The Bertz CT molecular complexity index is 757. The van der Waals surface area contributed by atoms with Crippen LogP contribution in [0.1, 0.15) is 18.4 Å². The molecule has 12 heteroatoms. The van der Waals surface area contributed by atoms with Gasteiger partial charge < -0.3 is 30.3 Å². The third-order valence-electron chi connectivity index (χ3n) is 4.12. The Hall–Kier alpha value is -2.01. The number of hydrogen-bond donors (Lipinski definition) is 4. The van der Waals surface area contributed by atoms with E-state index in [0.717, 1.165) is 0 Å². The topological polar surface area (TPSA) is 175 Å². The summed E-state index contributed by atoms with van der Waals surface area (Å²) in [6.07, 6.45) is -1.44. The molecule has 0 saturated carbocycles. The van der Waals surface area contributed by atoms with Crippen molar-refractivity contribution < 1.29 is 47.8 Å². The predicted octanol–water partition coefficient (Wildman–Crippen LogP) is 0.571. The van der Waals surface area contributed by atoms with Crippen LogP contribution in [0.2, 0.25) is 0 Å². The lowest BCUT2D eigenvalue weighted by Gasteiger charge is -2.31. The van der Waals surface area contributed by atoms with Gasteiger partial charge in [0.2, 0.25) is 0 Å². The first-order valence-corrected chi connectivity index (χ1v) is 10.4. The molecular weight excluding hydrogens is 409 g/mol. The van der Waals surface area contributed by atoms with Gasteiger partial charge in [0.25, 0.3) is 0 Å². The predicted molar refractivity (Wildman–Crippen MR) is 98.0 cm³/mol. The number of hydrogen-bond acceptors (Lipinski definition) is 9. The minimum Gasteiger partial charge on any atom is -0.508 e. The fourth-order valence-electron chi connectivity index (χ4n) is 2.56. The number of phenols is 1. The van der Waals surface area contributed by atoms with Crippen molar-refractivity contribution in [2.45, 2.75) is 37.5 Å². The average Bonchev–Trinajstić information content (AvgIpc) is 2.67. The number of aliphatic carboxylic acids is 1. The number of esters is 1. The summed E-state index contributed by atoms with van der Waals surface area (Å²) < 4.78 is 32.2. The Labute approximate surface area is 166 Å². The summed E-state index contributed by atoms with van der Waals surface area (Å²) >= 11 is 0. The van der Waals surface area contributed by atoms with Gasteiger partial charge in [0.1, 0.15) is 24.0 Å². The first kappa shape index (κ1) is 23.3. The van der Waals surface area contributed by atoms with Gasteiger partial charge in [-0.05, 0) is 18.1 Å². The van der Waals surface area contributed by atoms with E-state index in [0.29, 0.717) is 5.56 Å². The Morgan fingerprint density at radius 1 is 1.31 bits per heavy atom. The van der Waals surface area contributed by atoms with Crippen LogP contribution in [0.5, 0.6) is 5.75 Å². The fraction of sp³-hybridized carbons (Fsp3) is 0.529. The monoisotopic (exact) mass is 433 g/mol. The number of para-hydroxylation sites is 1. The number of benzene rings is 1. The summed E-state index contributed by atoms with van der Waals surface area (Å²) in [7, 11) is -4.65. The second-order valence-electron chi connectivity index (χ2n) is 6.37. The lowest BCUT2D eigenvalue weighted by atomic mass is 10.1. The number of nitrogens with two attached hydrogens (primary N) is 1. The summed E-state index contributed by atoms with van der Waals surface area (Å²) in [5.74, 6) is -1.90. The standard InChI is InChI=1S/C17H24NO10P/c18-12(17(21)22)9-26-29(23,24)28-15-10-25-8-7-14(15)27-16(20)6-5-11-3-1-2-4-13(11)19/h1-4,12,14-15,19H,5-10,18H2,(H,21,22)(H,23,24)/t12-,14-,15-/m0/s1. The molecule has 162 valence electrons. The smallest absolute Gasteiger partial charge is 0.472 e. The molecule has 0 bridgehead atoms. The Morgan fingerprint density at radius 3 is 2.72 bits per heavy atom. The molecule has 2 rings (SSSR count). The SMILES string of the molecule is N[C@@H](COP(=O)(O)O[C@H]1COCC[C@@H]1OC(=O)CCc1ccccc1O)C(=O)O. The van der Waals surface area contributed by atoms with Crippen molar-refractivity contribution in [3.63, 3.8) is 0 Å². The van der Waals surface area contributed by atoms with Crippen LogP contribution in [0.25, 0.3) is 0 Å². The van der Waals surface area contributed by atoms with Crippen LogP contribution in [0.15, 0.2) is 24.3 Å². The molecule has 0 spiro atoms. The minimum atomic E-state index is -4.65. The molecule has 5 N–H and O–H groups in total.